The van der Waals surface area contributed by atoms with Gasteiger partial charge in [-0.3, -0.25) is 0 Å². The molecule has 1 unspecified atom stereocenters. The molecule has 1 saturated heterocycles. The van der Waals surface area contributed by atoms with Gasteiger partial charge in [0.05, 0.1) is 0 Å². The summed E-state index contributed by atoms with van der Waals surface area (Å²) in [4.78, 5) is 11.8. The van der Waals surface area contributed by atoms with Gasteiger partial charge in [0.1, 0.15) is 11.6 Å². The van der Waals surface area contributed by atoms with Crippen LogP contribution in [0.15, 0.2) is 11.2 Å². The van der Waals surface area contributed by atoms with Crippen molar-refractivity contribution in [3.8, 4) is 0 Å². The molecule has 1 N–H and O–H groups in total. The van der Waals surface area contributed by atoms with Crippen LogP contribution in [0, 0.1) is 5.92 Å². The summed E-state index contributed by atoms with van der Waals surface area (Å²) in [7, 11) is 1.93. The standard InChI is InChI=1S/C15H24N4S/c1-16-13-10-14(18-15(17-13)20-2)19-9-5-8-12(19)11-6-3-4-7-11/h10-12H,3-9H2,1-2H3,(H,16,17,18). The molecule has 0 spiro atoms. The zero-order chi connectivity index (χ0) is 13.9. The summed E-state index contributed by atoms with van der Waals surface area (Å²) in [6.07, 6.45) is 10.3. The molecule has 1 aromatic rings. The molecule has 1 aliphatic carbocycles. The van der Waals surface area contributed by atoms with E-state index in [2.05, 4.69) is 21.3 Å². The van der Waals surface area contributed by atoms with E-state index in [-0.39, 0.29) is 0 Å². The summed E-state index contributed by atoms with van der Waals surface area (Å²) in [5.74, 6) is 2.92. The van der Waals surface area contributed by atoms with Crippen LogP contribution in [0.5, 0.6) is 0 Å². The van der Waals surface area contributed by atoms with Gasteiger partial charge in [0.2, 0.25) is 0 Å². The number of thioether (sulfide) groups is 1. The molecule has 0 bridgehead atoms. The van der Waals surface area contributed by atoms with Gasteiger partial charge in [-0.1, -0.05) is 24.6 Å². The molecule has 20 heavy (non-hydrogen) atoms. The lowest BCUT2D eigenvalue weighted by Crippen LogP contribution is -2.35. The Hall–Kier alpha value is -0.970. The first-order valence-corrected chi connectivity index (χ1v) is 8.92. The molecule has 2 heterocycles. The van der Waals surface area contributed by atoms with E-state index in [0.29, 0.717) is 6.04 Å². The second kappa shape index (κ2) is 6.20. The number of nitrogens with zero attached hydrogens (tertiary/aromatic N) is 3. The molecule has 110 valence electrons. The second-order valence-electron chi connectivity index (χ2n) is 5.80. The van der Waals surface area contributed by atoms with E-state index in [4.69, 9.17) is 4.98 Å². The zero-order valence-electron chi connectivity index (χ0n) is 12.4. The van der Waals surface area contributed by atoms with Gasteiger partial charge in [0.25, 0.3) is 0 Å². The fourth-order valence-electron chi connectivity index (χ4n) is 3.69. The Morgan fingerprint density at radius 1 is 1.20 bits per heavy atom. The summed E-state index contributed by atoms with van der Waals surface area (Å²) in [5.41, 5.74) is 0. The summed E-state index contributed by atoms with van der Waals surface area (Å²) in [6, 6.07) is 2.80. The number of hydrogen-bond acceptors (Lipinski definition) is 5. The molecule has 2 aliphatic rings. The van der Waals surface area contributed by atoms with Crippen molar-refractivity contribution >= 4 is 23.4 Å². The summed E-state index contributed by atoms with van der Waals surface area (Å²) in [6.45, 7) is 1.15. The number of rotatable bonds is 4. The quantitative estimate of drug-likeness (QED) is 0.680. The highest BCUT2D eigenvalue weighted by molar-refractivity contribution is 7.98. The lowest BCUT2D eigenvalue weighted by molar-refractivity contribution is 0.428. The predicted molar refractivity (Wildman–Crippen MR) is 85.7 cm³/mol. The first kappa shape index (κ1) is 14.0. The summed E-state index contributed by atoms with van der Waals surface area (Å²) < 4.78 is 0. The number of nitrogens with one attached hydrogen (secondary N) is 1. The van der Waals surface area contributed by atoms with Crippen LogP contribution in [0.4, 0.5) is 11.6 Å². The molecule has 5 heteroatoms. The molecule has 0 radical (unpaired) electrons. The Morgan fingerprint density at radius 3 is 2.70 bits per heavy atom. The second-order valence-corrected chi connectivity index (χ2v) is 6.57. The number of hydrogen-bond donors (Lipinski definition) is 1. The molecular formula is C15H24N4S. The van der Waals surface area contributed by atoms with E-state index in [1.807, 2.05) is 13.3 Å². The van der Waals surface area contributed by atoms with Gasteiger partial charge in [-0.25, -0.2) is 9.97 Å². The fourth-order valence-corrected chi connectivity index (χ4v) is 4.06. The lowest BCUT2D eigenvalue weighted by Gasteiger charge is -2.30. The number of anilines is 2. The Kier molecular flexibility index (Phi) is 4.34. The van der Waals surface area contributed by atoms with E-state index in [1.54, 1.807) is 11.8 Å². The Morgan fingerprint density at radius 2 is 2.00 bits per heavy atom. The average molecular weight is 292 g/mol. The highest BCUT2D eigenvalue weighted by Crippen LogP contribution is 2.37. The maximum atomic E-state index is 4.74. The van der Waals surface area contributed by atoms with Gasteiger partial charge in [-0.05, 0) is 37.9 Å². The van der Waals surface area contributed by atoms with Crippen LogP contribution in [0.1, 0.15) is 38.5 Å². The minimum absolute atomic E-state index is 0.701. The van der Waals surface area contributed by atoms with Crippen molar-refractivity contribution in [2.45, 2.75) is 49.7 Å². The van der Waals surface area contributed by atoms with Gasteiger partial charge < -0.3 is 10.2 Å². The molecule has 3 rings (SSSR count). The summed E-state index contributed by atoms with van der Waals surface area (Å²) >= 11 is 1.62. The predicted octanol–water partition coefficient (Wildman–Crippen LogP) is 3.40. The third kappa shape index (κ3) is 2.73. The highest BCUT2D eigenvalue weighted by Gasteiger charge is 2.34. The largest absolute Gasteiger partial charge is 0.373 e. The zero-order valence-corrected chi connectivity index (χ0v) is 13.2. The highest BCUT2D eigenvalue weighted by atomic mass is 32.2. The third-order valence-corrected chi connectivity index (χ3v) is 5.22. The Labute approximate surface area is 125 Å². The minimum Gasteiger partial charge on any atom is -0.373 e. The van der Waals surface area contributed by atoms with Gasteiger partial charge in [-0.2, -0.15) is 0 Å². The van der Waals surface area contributed by atoms with Crippen molar-refractivity contribution in [2.75, 3.05) is 30.1 Å². The molecule has 0 aromatic carbocycles. The van der Waals surface area contributed by atoms with Crippen LogP contribution in [-0.4, -0.2) is 35.9 Å². The SMILES string of the molecule is CNc1cc(N2CCCC2C2CCCC2)nc(SC)n1. The van der Waals surface area contributed by atoms with E-state index < -0.39 is 0 Å². The van der Waals surface area contributed by atoms with Gasteiger partial charge in [-0.15, -0.1) is 0 Å². The van der Waals surface area contributed by atoms with Crippen LogP contribution >= 0.6 is 11.8 Å². The molecule has 4 nitrogen and oxygen atoms in total. The maximum Gasteiger partial charge on any atom is 0.191 e. The van der Waals surface area contributed by atoms with Crippen molar-refractivity contribution in [2.24, 2.45) is 5.92 Å². The number of aromatic nitrogens is 2. The smallest absolute Gasteiger partial charge is 0.191 e. The average Bonchev–Trinajstić information content (AvgIpc) is 3.16. The van der Waals surface area contributed by atoms with Gasteiger partial charge in [0.15, 0.2) is 5.16 Å². The fraction of sp³-hybridized carbons (Fsp3) is 0.733. The first-order chi connectivity index (χ1) is 9.81. The van der Waals surface area contributed by atoms with Crippen LogP contribution in [-0.2, 0) is 0 Å². The van der Waals surface area contributed by atoms with Gasteiger partial charge >= 0.3 is 0 Å². The monoisotopic (exact) mass is 292 g/mol. The van der Waals surface area contributed by atoms with Crippen molar-refractivity contribution in [3.63, 3.8) is 0 Å². The molecule has 1 aromatic heterocycles. The normalized spacial score (nSPS) is 23.5. The van der Waals surface area contributed by atoms with Gasteiger partial charge in [0, 0.05) is 25.7 Å². The van der Waals surface area contributed by atoms with Crippen LogP contribution in [0.3, 0.4) is 0 Å². The molecule has 0 amide bonds. The van der Waals surface area contributed by atoms with E-state index in [9.17, 15) is 0 Å². The Bertz CT molecular complexity index is 437. The lowest BCUT2D eigenvalue weighted by atomic mass is 9.96. The van der Waals surface area contributed by atoms with E-state index in [1.165, 1.54) is 38.5 Å². The van der Waals surface area contributed by atoms with Crippen LogP contribution in [0.25, 0.3) is 0 Å². The van der Waals surface area contributed by atoms with Crippen LogP contribution < -0.4 is 10.2 Å². The molecule has 1 atom stereocenters. The van der Waals surface area contributed by atoms with Crippen molar-refractivity contribution < 1.29 is 0 Å². The summed E-state index contributed by atoms with van der Waals surface area (Å²) in [5, 5.41) is 4.02. The van der Waals surface area contributed by atoms with Crippen LogP contribution in [0.2, 0.25) is 0 Å². The van der Waals surface area contributed by atoms with Crippen molar-refractivity contribution in [3.05, 3.63) is 6.07 Å². The molecule has 2 fully saturated rings. The Balaban J connectivity index is 1.86. The third-order valence-electron chi connectivity index (χ3n) is 4.67. The minimum atomic E-state index is 0.701. The van der Waals surface area contributed by atoms with Crippen molar-refractivity contribution in [1.82, 2.24) is 9.97 Å². The van der Waals surface area contributed by atoms with Crippen molar-refractivity contribution in [1.29, 1.82) is 0 Å². The topological polar surface area (TPSA) is 41.0 Å². The molecular weight excluding hydrogens is 268 g/mol. The van der Waals surface area contributed by atoms with E-state index >= 15 is 0 Å². The molecule has 1 saturated carbocycles. The first-order valence-electron chi connectivity index (χ1n) is 7.69. The maximum absolute atomic E-state index is 4.74. The molecule has 1 aliphatic heterocycles. The van der Waals surface area contributed by atoms with E-state index in [0.717, 1.165) is 29.3 Å².